The molecule has 0 aliphatic carbocycles. The molecular formula is C15H13N3O3. The normalized spacial score (nSPS) is 9.71. The molecule has 21 heavy (non-hydrogen) atoms. The zero-order chi connectivity index (χ0) is 15.2. The molecule has 2 rings (SSSR count). The average Bonchev–Trinajstić information content (AvgIpc) is 2.52. The van der Waals surface area contributed by atoms with E-state index in [9.17, 15) is 4.79 Å². The molecule has 0 aliphatic heterocycles. The van der Waals surface area contributed by atoms with E-state index in [4.69, 9.17) is 20.5 Å². The van der Waals surface area contributed by atoms with Gasteiger partial charge in [0.15, 0.2) is 0 Å². The van der Waals surface area contributed by atoms with Gasteiger partial charge >= 0.3 is 5.97 Å². The van der Waals surface area contributed by atoms with Crippen molar-refractivity contribution in [2.75, 3.05) is 12.8 Å². The molecule has 0 saturated carbocycles. The molecule has 0 unspecified atom stereocenters. The number of ether oxygens (including phenoxy) is 2. The summed E-state index contributed by atoms with van der Waals surface area (Å²) >= 11 is 0. The highest BCUT2D eigenvalue weighted by molar-refractivity contribution is 5.91. The molecule has 0 radical (unpaired) electrons. The molecule has 6 heteroatoms. The van der Waals surface area contributed by atoms with Gasteiger partial charge in [-0.2, -0.15) is 5.26 Å². The van der Waals surface area contributed by atoms with E-state index in [1.54, 1.807) is 18.2 Å². The number of nitrogen functional groups attached to an aromatic ring is 1. The fraction of sp³-hybridized carbons (Fsp3) is 0.133. The number of esters is 1. The number of hydrogen-bond acceptors (Lipinski definition) is 6. The van der Waals surface area contributed by atoms with Gasteiger partial charge in [0.1, 0.15) is 24.1 Å². The molecule has 106 valence electrons. The van der Waals surface area contributed by atoms with Crippen LogP contribution < -0.4 is 10.5 Å². The van der Waals surface area contributed by atoms with Crippen molar-refractivity contribution < 1.29 is 14.3 Å². The van der Waals surface area contributed by atoms with Crippen molar-refractivity contribution in [1.82, 2.24) is 4.98 Å². The van der Waals surface area contributed by atoms with Crippen LogP contribution in [0.3, 0.4) is 0 Å². The number of nitrogens with zero attached hydrogens (tertiary/aromatic N) is 2. The zero-order valence-electron chi connectivity index (χ0n) is 11.4. The van der Waals surface area contributed by atoms with Crippen molar-refractivity contribution in [2.24, 2.45) is 0 Å². The van der Waals surface area contributed by atoms with E-state index in [-0.39, 0.29) is 17.9 Å². The minimum absolute atomic E-state index is 0.0350. The topological polar surface area (TPSA) is 98.2 Å². The Morgan fingerprint density at radius 2 is 2.24 bits per heavy atom. The predicted molar refractivity (Wildman–Crippen MR) is 75.5 cm³/mol. The van der Waals surface area contributed by atoms with Gasteiger partial charge in [0, 0.05) is 23.5 Å². The fourth-order valence-corrected chi connectivity index (χ4v) is 1.74. The van der Waals surface area contributed by atoms with Gasteiger partial charge in [-0.05, 0) is 18.2 Å². The van der Waals surface area contributed by atoms with Crippen LogP contribution in [0.4, 0.5) is 5.69 Å². The highest BCUT2D eigenvalue weighted by Gasteiger charge is 2.11. The molecule has 2 aromatic rings. The quantitative estimate of drug-likeness (QED) is 0.679. The summed E-state index contributed by atoms with van der Waals surface area (Å²) in [4.78, 5) is 15.9. The van der Waals surface area contributed by atoms with E-state index < -0.39 is 5.97 Å². The van der Waals surface area contributed by atoms with Gasteiger partial charge in [-0.25, -0.2) is 9.78 Å². The Balaban J connectivity index is 2.12. The Hall–Kier alpha value is -3.07. The SMILES string of the molecule is COc1cc(N)cc(C(=O)OCc2cccnc2C#N)c1. The first kappa shape index (κ1) is 14.3. The summed E-state index contributed by atoms with van der Waals surface area (Å²) in [5.41, 5.74) is 7.15. The summed E-state index contributed by atoms with van der Waals surface area (Å²) in [6.45, 7) is -0.0350. The predicted octanol–water partition coefficient (Wildman–Crippen LogP) is 1.90. The number of methoxy groups -OCH3 is 1. The maximum Gasteiger partial charge on any atom is 0.338 e. The molecular weight excluding hydrogens is 270 g/mol. The molecule has 2 N–H and O–H groups in total. The number of carbonyl (C=O) groups excluding carboxylic acids is 1. The van der Waals surface area contributed by atoms with Gasteiger partial charge in [-0.15, -0.1) is 0 Å². The second-order valence-corrected chi connectivity index (χ2v) is 4.19. The first-order valence-corrected chi connectivity index (χ1v) is 6.09. The lowest BCUT2D eigenvalue weighted by molar-refractivity contribution is 0.0472. The van der Waals surface area contributed by atoms with Crippen LogP contribution in [0.25, 0.3) is 0 Å². The average molecular weight is 283 g/mol. The van der Waals surface area contributed by atoms with Crippen LogP contribution in [0.15, 0.2) is 36.5 Å². The lowest BCUT2D eigenvalue weighted by atomic mass is 10.2. The molecule has 0 atom stereocenters. The summed E-state index contributed by atoms with van der Waals surface area (Å²) in [6.07, 6.45) is 1.51. The number of aromatic nitrogens is 1. The number of pyridine rings is 1. The van der Waals surface area contributed by atoms with Crippen LogP contribution in [-0.4, -0.2) is 18.1 Å². The fourth-order valence-electron chi connectivity index (χ4n) is 1.74. The monoisotopic (exact) mass is 283 g/mol. The lowest BCUT2D eigenvalue weighted by Gasteiger charge is -2.08. The van der Waals surface area contributed by atoms with E-state index in [1.807, 2.05) is 6.07 Å². The molecule has 0 spiro atoms. The summed E-state index contributed by atoms with van der Waals surface area (Å²) in [7, 11) is 1.48. The third kappa shape index (κ3) is 3.48. The van der Waals surface area contributed by atoms with E-state index in [0.29, 0.717) is 17.0 Å². The molecule has 0 fully saturated rings. The van der Waals surface area contributed by atoms with Gasteiger partial charge in [0.05, 0.1) is 12.7 Å². The molecule has 1 aromatic carbocycles. The smallest absolute Gasteiger partial charge is 0.338 e. The number of anilines is 1. The van der Waals surface area contributed by atoms with Crippen molar-refractivity contribution in [2.45, 2.75) is 6.61 Å². The molecule has 0 amide bonds. The van der Waals surface area contributed by atoms with E-state index in [0.717, 1.165) is 0 Å². The van der Waals surface area contributed by atoms with Crippen molar-refractivity contribution in [1.29, 1.82) is 5.26 Å². The number of nitrogens with two attached hydrogens (primary N) is 1. The van der Waals surface area contributed by atoms with Crippen molar-refractivity contribution >= 4 is 11.7 Å². The molecule has 0 bridgehead atoms. The standard InChI is InChI=1S/C15H13N3O3/c1-20-13-6-11(5-12(17)7-13)15(19)21-9-10-3-2-4-18-14(10)8-16/h2-7H,9,17H2,1H3. The van der Waals surface area contributed by atoms with E-state index in [1.165, 1.54) is 25.4 Å². The second kappa shape index (κ2) is 6.39. The molecule has 6 nitrogen and oxygen atoms in total. The minimum Gasteiger partial charge on any atom is -0.497 e. The molecule has 0 aliphatic rings. The maximum absolute atomic E-state index is 12.0. The third-order valence-corrected chi connectivity index (χ3v) is 2.76. The Morgan fingerprint density at radius 3 is 2.95 bits per heavy atom. The Kier molecular flexibility index (Phi) is 4.36. The van der Waals surface area contributed by atoms with Crippen LogP contribution in [0.2, 0.25) is 0 Å². The second-order valence-electron chi connectivity index (χ2n) is 4.19. The molecule has 1 aromatic heterocycles. The van der Waals surface area contributed by atoms with Gasteiger partial charge in [-0.3, -0.25) is 0 Å². The van der Waals surface area contributed by atoms with Crippen LogP contribution in [0.5, 0.6) is 5.75 Å². The number of benzene rings is 1. The number of hydrogen-bond donors (Lipinski definition) is 1. The Bertz CT molecular complexity index is 708. The van der Waals surface area contributed by atoms with Crippen molar-refractivity contribution in [3.05, 3.63) is 53.3 Å². The molecule has 0 saturated heterocycles. The van der Waals surface area contributed by atoms with Gasteiger partial charge in [-0.1, -0.05) is 6.07 Å². The highest BCUT2D eigenvalue weighted by atomic mass is 16.5. The first-order valence-electron chi connectivity index (χ1n) is 6.09. The summed E-state index contributed by atoms with van der Waals surface area (Å²) in [5.74, 6) is -0.0746. The van der Waals surface area contributed by atoms with Crippen LogP contribution in [-0.2, 0) is 11.3 Å². The number of rotatable bonds is 4. The number of carbonyl (C=O) groups is 1. The van der Waals surface area contributed by atoms with Gasteiger partial charge in [0.2, 0.25) is 0 Å². The molecule has 1 heterocycles. The van der Waals surface area contributed by atoms with Crippen molar-refractivity contribution in [3.8, 4) is 11.8 Å². The Morgan fingerprint density at radius 1 is 1.43 bits per heavy atom. The van der Waals surface area contributed by atoms with Gasteiger partial charge in [0.25, 0.3) is 0 Å². The van der Waals surface area contributed by atoms with Crippen LogP contribution in [0, 0.1) is 11.3 Å². The van der Waals surface area contributed by atoms with E-state index in [2.05, 4.69) is 4.98 Å². The summed E-state index contributed by atoms with van der Waals surface area (Å²) < 4.78 is 10.2. The highest BCUT2D eigenvalue weighted by Crippen LogP contribution is 2.19. The lowest BCUT2D eigenvalue weighted by Crippen LogP contribution is -2.07. The third-order valence-electron chi connectivity index (χ3n) is 2.76. The largest absolute Gasteiger partial charge is 0.497 e. The first-order chi connectivity index (χ1) is 10.1. The minimum atomic E-state index is -0.548. The van der Waals surface area contributed by atoms with E-state index >= 15 is 0 Å². The van der Waals surface area contributed by atoms with Gasteiger partial charge < -0.3 is 15.2 Å². The summed E-state index contributed by atoms with van der Waals surface area (Å²) in [5, 5.41) is 8.92. The summed E-state index contributed by atoms with van der Waals surface area (Å²) in [6, 6.07) is 9.93. The Labute approximate surface area is 121 Å². The maximum atomic E-state index is 12.0. The van der Waals surface area contributed by atoms with Crippen molar-refractivity contribution in [3.63, 3.8) is 0 Å². The van der Waals surface area contributed by atoms with Crippen LogP contribution in [0.1, 0.15) is 21.6 Å². The zero-order valence-corrected chi connectivity index (χ0v) is 11.4. The van der Waals surface area contributed by atoms with Crippen LogP contribution >= 0.6 is 0 Å². The number of nitriles is 1.